The van der Waals surface area contributed by atoms with Crippen molar-refractivity contribution in [1.82, 2.24) is 4.90 Å². The molecule has 0 heterocycles. The van der Waals surface area contributed by atoms with E-state index in [1.54, 1.807) is 0 Å². The summed E-state index contributed by atoms with van der Waals surface area (Å²) in [5, 5.41) is 0. The first-order valence-electron chi connectivity index (χ1n) is 6.67. The Labute approximate surface area is 113 Å². The topological polar surface area (TPSA) is 3.24 Å². The first-order valence-corrected chi connectivity index (χ1v) is 7.47. The summed E-state index contributed by atoms with van der Waals surface area (Å²) in [4.78, 5) is 2.47. The molecule has 0 amide bonds. The van der Waals surface area contributed by atoms with Crippen molar-refractivity contribution in [1.29, 1.82) is 0 Å². The van der Waals surface area contributed by atoms with Gasteiger partial charge in [-0.1, -0.05) is 53.4 Å². The van der Waals surface area contributed by atoms with E-state index in [1.165, 1.54) is 48.7 Å². The maximum atomic E-state index is 3.62. The van der Waals surface area contributed by atoms with Gasteiger partial charge in [0.1, 0.15) is 0 Å². The predicted octanol–water partition coefficient (Wildman–Crippen LogP) is 4.46. The van der Waals surface area contributed by atoms with E-state index in [2.05, 4.69) is 52.1 Å². The third-order valence-corrected chi connectivity index (χ3v) is 4.47. The summed E-state index contributed by atoms with van der Waals surface area (Å²) < 4.78 is 1.23. The highest BCUT2D eigenvalue weighted by atomic mass is 79.9. The van der Waals surface area contributed by atoms with Crippen molar-refractivity contribution in [2.24, 2.45) is 5.92 Å². The average molecular weight is 296 g/mol. The Kier molecular flexibility index (Phi) is 5.05. The number of rotatable bonds is 4. The van der Waals surface area contributed by atoms with Gasteiger partial charge in [-0.05, 0) is 37.4 Å². The van der Waals surface area contributed by atoms with Gasteiger partial charge in [0.05, 0.1) is 0 Å². The van der Waals surface area contributed by atoms with Crippen molar-refractivity contribution >= 4 is 15.9 Å². The number of nitrogens with zero attached hydrogens (tertiary/aromatic N) is 1. The molecule has 0 aromatic heterocycles. The summed E-state index contributed by atoms with van der Waals surface area (Å²) in [5.41, 5.74) is 1.39. The molecule has 0 spiro atoms. The molecule has 0 aliphatic heterocycles. The molecule has 2 heteroatoms. The zero-order chi connectivity index (χ0) is 12.1. The van der Waals surface area contributed by atoms with Crippen LogP contribution in [0.25, 0.3) is 0 Å². The Morgan fingerprint density at radius 2 is 1.88 bits per heavy atom. The zero-order valence-corrected chi connectivity index (χ0v) is 12.2. The van der Waals surface area contributed by atoms with Crippen molar-refractivity contribution in [3.63, 3.8) is 0 Å². The number of hydrogen-bond donors (Lipinski definition) is 0. The van der Waals surface area contributed by atoms with Crippen molar-refractivity contribution in [2.45, 2.75) is 38.6 Å². The van der Waals surface area contributed by atoms with Gasteiger partial charge < -0.3 is 4.90 Å². The highest BCUT2D eigenvalue weighted by molar-refractivity contribution is 9.10. The van der Waals surface area contributed by atoms with E-state index in [4.69, 9.17) is 0 Å². The third kappa shape index (κ3) is 4.11. The maximum absolute atomic E-state index is 3.62. The second kappa shape index (κ2) is 6.55. The summed E-state index contributed by atoms with van der Waals surface area (Å²) >= 11 is 3.62. The molecule has 1 aliphatic carbocycles. The van der Waals surface area contributed by atoms with Crippen LogP contribution in [0.2, 0.25) is 0 Å². The normalized spacial score (nSPS) is 17.6. The van der Waals surface area contributed by atoms with Crippen LogP contribution >= 0.6 is 15.9 Å². The molecule has 17 heavy (non-hydrogen) atoms. The van der Waals surface area contributed by atoms with Gasteiger partial charge in [-0.25, -0.2) is 0 Å². The van der Waals surface area contributed by atoms with Gasteiger partial charge in [0.2, 0.25) is 0 Å². The van der Waals surface area contributed by atoms with Gasteiger partial charge in [-0.3, -0.25) is 0 Å². The number of halogens is 1. The van der Waals surface area contributed by atoms with Crippen LogP contribution in [0.15, 0.2) is 28.7 Å². The Hall–Kier alpha value is -0.340. The molecule has 0 atom stereocenters. The summed E-state index contributed by atoms with van der Waals surface area (Å²) in [7, 11) is 2.24. The summed E-state index contributed by atoms with van der Waals surface area (Å²) in [6, 6.07) is 8.54. The molecular formula is C15H22BrN. The zero-order valence-electron chi connectivity index (χ0n) is 10.7. The van der Waals surface area contributed by atoms with Crippen molar-refractivity contribution in [3.05, 3.63) is 34.3 Å². The smallest absolute Gasteiger partial charge is 0.0242 e. The van der Waals surface area contributed by atoms with Crippen molar-refractivity contribution in [2.75, 3.05) is 13.6 Å². The molecule has 1 saturated carbocycles. The van der Waals surface area contributed by atoms with E-state index in [1.807, 2.05) is 0 Å². The van der Waals surface area contributed by atoms with Crippen molar-refractivity contribution < 1.29 is 0 Å². The molecule has 1 aliphatic rings. The van der Waals surface area contributed by atoms with E-state index >= 15 is 0 Å². The lowest BCUT2D eigenvalue weighted by atomic mass is 9.89. The molecule has 0 unspecified atom stereocenters. The molecule has 1 aromatic carbocycles. The van der Waals surface area contributed by atoms with E-state index in [9.17, 15) is 0 Å². The fraction of sp³-hybridized carbons (Fsp3) is 0.600. The molecule has 1 nitrogen and oxygen atoms in total. The van der Waals surface area contributed by atoms with Gasteiger partial charge in [0, 0.05) is 17.6 Å². The first-order chi connectivity index (χ1) is 8.25. The highest BCUT2D eigenvalue weighted by Gasteiger charge is 2.15. The molecule has 1 fully saturated rings. The Bertz CT molecular complexity index is 345. The van der Waals surface area contributed by atoms with Crippen LogP contribution in [-0.4, -0.2) is 18.5 Å². The van der Waals surface area contributed by atoms with Gasteiger partial charge in [0.25, 0.3) is 0 Å². The fourth-order valence-corrected chi connectivity index (χ4v) is 3.20. The lowest BCUT2D eigenvalue weighted by Gasteiger charge is -2.27. The molecule has 1 aromatic rings. The minimum Gasteiger partial charge on any atom is -0.302 e. The van der Waals surface area contributed by atoms with Crippen LogP contribution in [0.5, 0.6) is 0 Å². The average Bonchev–Trinajstić information content (AvgIpc) is 2.33. The molecule has 2 rings (SSSR count). The summed E-state index contributed by atoms with van der Waals surface area (Å²) in [5.74, 6) is 0.927. The van der Waals surface area contributed by atoms with Crippen LogP contribution in [0.3, 0.4) is 0 Å². The number of hydrogen-bond acceptors (Lipinski definition) is 1. The lowest BCUT2D eigenvalue weighted by Crippen LogP contribution is -2.26. The highest BCUT2D eigenvalue weighted by Crippen LogP contribution is 2.25. The quantitative estimate of drug-likeness (QED) is 0.793. The largest absolute Gasteiger partial charge is 0.302 e. The molecule has 94 valence electrons. The van der Waals surface area contributed by atoms with Crippen molar-refractivity contribution in [3.8, 4) is 0 Å². The third-order valence-electron chi connectivity index (χ3n) is 3.69. The standard InChI is InChI=1S/C15H22BrN/c1-17(11-13-7-3-2-4-8-13)12-14-9-5-6-10-15(14)16/h5-6,9-10,13H,2-4,7-8,11-12H2,1H3. The Balaban J connectivity index is 1.84. The van der Waals surface area contributed by atoms with Crippen LogP contribution in [-0.2, 0) is 6.54 Å². The van der Waals surface area contributed by atoms with Crippen LogP contribution in [0.4, 0.5) is 0 Å². The SMILES string of the molecule is CN(Cc1ccccc1Br)CC1CCCCC1. The van der Waals surface area contributed by atoms with Crippen LogP contribution < -0.4 is 0 Å². The molecule has 0 N–H and O–H groups in total. The Morgan fingerprint density at radius 1 is 1.18 bits per heavy atom. The predicted molar refractivity (Wildman–Crippen MR) is 77.1 cm³/mol. The van der Waals surface area contributed by atoms with E-state index in [-0.39, 0.29) is 0 Å². The summed E-state index contributed by atoms with van der Waals surface area (Å²) in [6.45, 7) is 2.30. The maximum Gasteiger partial charge on any atom is 0.0242 e. The van der Waals surface area contributed by atoms with E-state index < -0.39 is 0 Å². The monoisotopic (exact) mass is 295 g/mol. The lowest BCUT2D eigenvalue weighted by molar-refractivity contribution is 0.228. The van der Waals surface area contributed by atoms with Crippen LogP contribution in [0, 0.1) is 5.92 Å². The molecule has 0 bridgehead atoms. The molecule has 0 saturated heterocycles. The Morgan fingerprint density at radius 3 is 2.59 bits per heavy atom. The molecular weight excluding hydrogens is 274 g/mol. The van der Waals surface area contributed by atoms with E-state index in [0.29, 0.717) is 0 Å². The molecule has 0 radical (unpaired) electrons. The number of benzene rings is 1. The summed E-state index contributed by atoms with van der Waals surface area (Å²) in [6.07, 6.45) is 7.19. The van der Waals surface area contributed by atoms with E-state index in [0.717, 1.165) is 12.5 Å². The second-order valence-corrected chi connectivity index (χ2v) is 6.15. The first kappa shape index (κ1) is 13.1. The van der Waals surface area contributed by atoms with Gasteiger partial charge in [-0.2, -0.15) is 0 Å². The fourth-order valence-electron chi connectivity index (χ4n) is 2.79. The van der Waals surface area contributed by atoms with Crippen LogP contribution in [0.1, 0.15) is 37.7 Å². The van der Waals surface area contributed by atoms with Gasteiger partial charge >= 0.3 is 0 Å². The van der Waals surface area contributed by atoms with Gasteiger partial charge in [-0.15, -0.1) is 0 Å². The van der Waals surface area contributed by atoms with Gasteiger partial charge in [0.15, 0.2) is 0 Å². The minimum atomic E-state index is 0.927. The second-order valence-electron chi connectivity index (χ2n) is 5.29. The minimum absolute atomic E-state index is 0.927.